The zero-order valence-electron chi connectivity index (χ0n) is 25.3. The van der Waals surface area contributed by atoms with Crippen LogP contribution in [0.2, 0.25) is 24.2 Å². The van der Waals surface area contributed by atoms with Gasteiger partial charge in [-0.1, -0.05) is 92.1 Å². The van der Waals surface area contributed by atoms with Crippen molar-refractivity contribution in [3.63, 3.8) is 0 Å². The summed E-state index contributed by atoms with van der Waals surface area (Å²) in [6.07, 6.45) is 3.58. The molecule has 1 aromatic heterocycles. The molecule has 0 spiro atoms. The number of hydrogen-bond acceptors (Lipinski definition) is 6. The van der Waals surface area contributed by atoms with E-state index in [1.807, 2.05) is 18.2 Å². The number of carbonyl (C=O) groups is 1. The van der Waals surface area contributed by atoms with E-state index in [1.165, 1.54) is 48.7 Å². The molecule has 216 valence electrons. The number of esters is 1. The highest BCUT2D eigenvalue weighted by atomic mass is 32.1. The van der Waals surface area contributed by atoms with Gasteiger partial charge in [-0.15, -0.1) is 24.0 Å². The Morgan fingerprint density at radius 3 is 1.97 bits per heavy atom. The minimum absolute atomic E-state index is 0.116. The van der Waals surface area contributed by atoms with Crippen LogP contribution in [-0.2, 0) is 14.9 Å². The molecule has 0 fully saturated rings. The van der Waals surface area contributed by atoms with Crippen molar-refractivity contribution in [2.24, 2.45) is 0 Å². The molecule has 1 aromatic carbocycles. The fourth-order valence-corrected chi connectivity index (χ4v) is 12.0. The molecule has 0 amide bonds. The first-order chi connectivity index (χ1) is 18.4. The summed E-state index contributed by atoms with van der Waals surface area (Å²) in [5.74, 6) is 1.15. The molecular formula is C32H48O4S2Si. The predicted molar refractivity (Wildman–Crippen MR) is 175 cm³/mol. The largest absolute Gasteiger partial charge is 0.496 e. The van der Waals surface area contributed by atoms with Crippen LogP contribution in [0.5, 0.6) is 11.5 Å². The molecule has 39 heavy (non-hydrogen) atoms. The monoisotopic (exact) mass is 588 g/mol. The van der Waals surface area contributed by atoms with Gasteiger partial charge >= 0.3 is 5.97 Å². The fourth-order valence-electron chi connectivity index (χ4n) is 5.61. The van der Waals surface area contributed by atoms with E-state index in [-0.39, 0.29) is 11.4 Å². The summed E-state index contributed by atoms with van der Waals surface area (Å²) < 4.78 is 18.2. The Morgan fingerprint density at radius 2 is 1.51 bits per heavy atom. The summed E-state index contributed by atoms with van der Waals surface area (Å²) in [4.78, 5) is 14.7. The molecule has 0 bridgehead atoms. The molecule has 4 nitrogen and oxygen atoms in total. The number of thiol groups is 1. The summed E-state index contributed by atoms with van der Waals surface area (Å²) in [5, 5.41) is 0.695. The number of carbonyl (C=O) groups excluding carboxylic acids is 1. The molecule has 2 aromatic rings. The average Bonchev–Trinajstić information content (AvgIpc) is 3.23. The second kappa shape index (κ2) is 14.6. The smallest absolute Gasteiger partial charge is 0.339 e. The molecule has 1 heterocycles. The summed E-state index contributed by atoms with van der Waals surface area (Å²) in [7, 11) is 1.89. The number of methoxy groups -OCH3 is 2. The lowest BCUT2D eigenvalue weighted by Gasteiger charge is -2.31. The van der Waals surface area contributed by atoms with Crippen molar-refractivity contribution in [2.45, 2.75) is 90.4 Å². The fraction of sp³-hybridized carbons (Fsp3) is 0.531. The van der Waals surface area contributed by atoms with Crippen molar-refractivity contribution >= 4 is 50.2 Å². The van der Waals surface area contributed by atoms with Crippen molar-refractivity contribution < 1.29 is 19.0 Å². The van der Waals surface area contributed by atoms with E-state index in [2.05, 4.69) is 67.3 Å². The van der Waals surface area contributed by atoms with Gasteiger partial charge in [-0.25, -0.2) is 4.79 Å². The number of ether oxygens (including phenoxy) is 3. The molecule has 0 aliphatic rings. The van der Waals surface area contributed by atoms with Crippen molar-refractivity contribution in [3.8, 4) is 21.9 Å². The Labute approximate surface area is 246 Å². The Hall–Kier alpha value is -1.96. The van der Waals surface area contributed by atoms with E-state index >= 15 is 0 Å². The standard InChI is InChI=1S/C32H48O4S2Si/c1-11-15-39(16-12-2,17-13-3)18-14-36-31(33)30(22(4)37)24-20-29(38-23(24)5)25-19-28(35-10)26(32(6,7)8)21-27(25)34-9/h19-21,37H,4-5,11-18H2,1-3,6-10H3/b30-24+. The second-order valence-corrected chi connectivity index (χ2v) is 18.1. The molecule has 0 atom stereocenters. The van der Waals surface area contributed by atoms with Gasteiger partial charge in [-0.05, 0) is 29.7 Å². The quantitative estimate of drug-likeness (QED) is 0.138. The van der Waals surface area contributed by atoms with Gasteiger partial charge in [-0.2, -0.15) is 0 Å². The van der Waals surface area contributed by atoms with Crippen molar-refractivity contribution in [3.05, 3.63) is 45.0 Å². The summed E-state index contributed by atoms with van der Waals surface area (Å²) in [6, 6.07) is 10.9. The van der Waals surface area contributed by atoms with Gasteiger partial charge in [0, 0.05) is 30.7 Å². The van der Waals surface area contributed by atoms with E-state index in [0.717, 1.165) is 38.1 Å². The van der Waals surface area contributed by atoms with Crippen LogP contribution in [0, 0.1) is 0 Å². The van der Waals surface area contributed by atoms with Gasteiger partial charge in [0.05, 0.1) is 34.5 Å². The molecule has 0 radical (unpaired) electrons. The normalized spacial score (nSPS) is 12.7. The maximum atomic E-state index is 13.4. The summed E-state index contributed by atoms with van der Waals surface area (Å²) >= 11 is 5.99. The molecule has 0 unspecified atom stereocenters. The van der Waals surface area contributed by atoms with Crippen LogP contribution in [0.25, 0.3) is 22.6 Å². The number of hydrogen-bond donors (Lipinski definition) is 1. The first-order valence-electron chi connectivity index (χ1n) is 14.0. The van der Waals surface area contributed by atoms with Crippen molar-refractivity contribution in [1.29, 1.82) is 0 Å². The maximum absolute atomic E-state index is 13.4. The van der Waals surface area contributed by atoms with E-state index in [9.17, 15) is 4.79 Å². The first-order valence-corrected chi connectivity index (χ1v) is 18.1. The number of rotatable bonds is 14. The van der Waals surface area contributed by atoms with E-state index in [4.69, 9.17) is 14.2 Å². The van der Waals surface area contributed by atoms with Crippen LogP contribution < -0.4 is 19.2 Å². The van der Waals surface area contributed by atoms with Crippen LogP contribution in [-0.4, -0.2) is 34.9 Å². The number of benzene rings is 1. The molecule has 2 rings (SSSR count). The van der Waals surface area contributed by atoms with Crippen LogP contribution >= 0.6 is 24.0 Å². The zero-order chi connectivity index (χ0) is 29.4. The Bertz CT molecular complexity index is 1240. The van der Waals surface area contributed by atoms with Crippen molar-refractivity contribution in [2.75, 3.05) is 20.8 Å². The predicted octanol–water partition coefficient (Wildman–Crippen LogP) is 7.96. The lowest BCUT2D eigenvalue weighted by molar-refractivity contribution is -0.136. The number of thiophene rings is 1. The van der Waals surface area contributed by atoms with Crippen molar-refractivity contribution in [1.82, 2.24) is 0 Å². The van der Waals surface area contributed by atoms with Crippen LogP contribution in [0.1, 0.15) is 66.4 Å². The molecule has 0 saturated carbocycles. The third-order valence-electron chi connectivity index (χ3n) is 7.37. The topological polar surface area (TPSA) is 44.8 Å². The van der Waals surface area contributed by atoms with E-state index < -0.39 is 8.07 Å². The minimum Gasteiger partial charge on any atom is -0.496 e. The lowest BCUT2D eigenvalue weighted by Crippen LogP contribution is -2.35. The Kier molecular flexibility index (Phi) is 12.4. The average molecular weight is 589 g/mol. The van der Waals surface area contributed by atoms with E-state index in [1.54, 1.807) is 14.2 Å². The van der Waals surface area contributed by atoms with Gasteiger partial charge in [0.15, 0.2) is 0 Å². The minimum atomic E-state index is -1.46. The van der Waals surface area contributed by atoms with Gasteiger partial charge < -0.3 is 14.2 Å². The zero-order valence-corrected chi connectivity index (χ0v) is 28.0. The molecule has 0 saturated heterocycles. The molecule has 7 heteroatoms. The molecule has 0 N–H and O–H groups in total. The third kappa shape index (κ3) is 8.27. The third-order valence-corrected chi connectivity index (χ3v) is 14.6. The van der Waals surface area contributed by atoms with Gasteiger partial charge in [0.1, 0.15) is 11.5 Å². The molecule has 0 aliphatic carbocycles. The maximum Gasteiger partial charge on any atom is 0.339 e. The van der Waals surface area contributed by atoms with Gasteiger partial charge in [0.25, 0.3) is 0 Å². The first kappa shape index (κ1) is 33.2. The molecular weight excluding hydrogens is 541 g/mol. The SMILES string of the molecule is C=C(S)/C(C(=O)OCC[Si](CCC)(CCC)CCC)=c1/cc(-c2cc(OC)c(C(C)(C)C)cc2OC)sc1=C. The summed E-state index contributed by atoms with van der Waals surface area (Å²) in [6.45, 7) is 21.9. The summed E-state index contributed by atoms with van der Waals surface area (Å²) in [5.41, 5.74) is 2.20. The molecule has 0 aliphatic heterocycles. The second-order valence-electron chi connectivity index (χ2n) is 11.4. The van der Waals surface area contributed by atoms with Crippen LogP contribution in [0.15, 0.2) is 29.7 Å². The van der Waals surface area contributed by atoms with Crippen LogP contribution in [0.4, 0.5) is 0 Å². The van der Waals surface area contributed by atoms with Gasteiger partial charge in [-0.3, -0.25) is 0 Å². The van der Waals surface area contributed by atoms with Crippen LogP contribution in [0.3, 0.4) is 0 Å². The lowest BCUT2D eigenvalue weighted by atomic mass is 9.85. The van der Waals surface area contributed by atoms with Gasteiger partial charge in [0.2, 0.25) is 0 Å². The Balaban J connectivity index is 2.50. The van der Waals surface area contributed by atoms with E-state index in [0.29, 0.717) is 22.3 Å². The highest BCUT2D eigenvalue weighted by Gasteiger charge is 2.30. The highest BCUT2D eigenvalue weighted by molar-refractivity contribution is 7.85. The Morgan fingerprint density at radius 1 is 0.949 bits per heavy atom. The highest BCUT2D eigenvalue weighted by Crippen LogP contribution is 2.41.